The number of hydrogen-bond donors (Lipinski definition) is 0. The fourth-order valence-corrected chi connectivity index (χ4v) is 3.09. The van der Waals surface area contributed by atoms with Gasteiger partial charge < -0.3 is 9.64 Å². The van der Waals surface area contributed by atoms with E-state index >= 15 is 0 Å². The summed E-state index contributed by atoms with van der Waals surface area (Å²) in [6.45, 7) is 1.24. The number of nitrogens with zero attached hydrogens (tertiary/aromatic N) is 2. The van der Waals surface area contributed by atoms with Gasteiger partial charge >= 0.3 is 12.3 Å². The molecule has 0 aliphatic carbocycles. The van der Waals surface area contributed by atoms with Gasteiger partial charge in [-0.3, -0.25) is 9.69 Å². The van der Waals surface area contributed by atoms with Crippen molar-refractivity contribution in [3.8, 4) is 0 Å². The lowest BCUT2D eigenvalue weighted by atomic mass is 10.0. The van der Waals surface area contributed by atoms with Gasteiger partial charge in [-0.05, 0) is 39.0 Å². The van der Waals surface area contributed by atoms with Crippen molar-refractivity contribution in [2.45, 2.75) is 57.3 Å². The fraction of sp³-hybridized carbons (Fsp3) is 0.857. The third-order valence-electron chi connectivity index (χ3n) is 4.22. The molecule has 2 fully saturated rings. The molecule has 0 saturated carbocycles. The first-order chi connectivity index (χ1) is 10.3. The van der Waals surface area contributed by atoms with Gasteiger partial charge in [-0.2, -0.15) is 13.2 Å². The zero-order valence-electron chi connectivity index (χ0n) is 12.6. The van der Waals surface area contributed by atoms with Crippen molar-refractivity contribution in [3.05, 3.63) is 0 Å². The molecular weight excluding hydrogens is 301 g/mol. The topological polar surface area (TPSA) is 49.9 Å². The number of alkyl halides is 3. The molecule has 2 heterocycles. The Morgan fingerprint density at radius 2 is 1.77 bits per heavy atom. The lowest BCUT2D eigenvalue weighted by Gasteiger charge is -2.36. The van der Waals surface area contributed by atoms with Crippen LogP contribution in [0.3, 0.4) is 0 Å². The Morgan fingerprint density at radius 3 is 2.41 bits per heavy atom. The lowest BCUT2D eigenvalue weighted by Crippen LogP contribution is -2.52. The van der Waals surface area contributed by atoms with Crippen LogP contribution in [-0.2, 0) is 9.53 Å². The molecule has 2 aliphatic rings. The van der Waals surface area contributed by atoms with Crippen molar-refractivity contribution >= 4 is 12.0 Å². The Hall–Kier alpha value is -1.47. The molecule has 0 bridgehead atoms. The molecule has 126 valence electrons. The number of carbonyl (C=O) groups is 2. The van der Waals surface area contributed by atoms with Gasteiger partial charge in [0.2, 0.25) is 5.91 Å². The maximum absolute atomic E-state index is 12.6. The number of halogens is 3. The Morgan fingerprint density at radius 1 is 1.09 bits per heavy atom. The van der Waals surface area contributed by atoms with Crippen LogP contribution in [0.5, 0.6) is 0 Å². The van der Waals surface area contributed by atoms with Crippen LogP contribution >= 0.6 is 0 Å². The van der Waals surface area contributed by atoms with E-state index in [4.69, 9.17) is 0 Å². The number of likely N-dealkylation sites (tertiary alicyclic amines) is 2. The summed E-state index contributed by atoms with van der Waals surface area (Å²) in [7, 11) is 0. The molecule has 0 aromatic rings. The molecule has 2 amide bonds. The summed E-state index contributed by atoms with van der Waals surface area (Å²) >= 11 is 0. The van der Waals surface area contributed by atoms with E-state index in [0.717, 1.165) is 24.2 Å². The molecule has 2 atom stereocenters. The number of rotatable bonds is 2. The van der Waals surface area contributed by atoms with Gasteiger partial charge in [-0.15, -0.1) is 0 Å². The predicted molar refractivity (Wildman–Crippen MR) is 72.2 cm³/mol. The molecule has 0 aromatic heterocycles. The van der Waals surface area contributed by atoms with E-state index in [2.05, 4.69) is 4.74 Å². The molecule has 8 heteroatoms. The summed E-state index contributed by atoms with van der Waals surface area (Å²) in [6, 6.07) is -0.587. The van der Waals surface area contributed by atoms with Crippen molar-refractivity contribution in [1.29, 1.82) is 0 Å². The fourth-order valence-electron chi connectivity index (χ4n) is 3.09. The van der Waals surface area contributed by atoms with Crippen molar-refractivity contribution in [2.75, 3.05) is 19.7 Å². The van der Waals surface area contributed by atoms with Crippen LogP contribution in [0.25, 0.3) is 0 Å². The summed E-state index contributed by atoms with van der Waals surface area (Å²) in [5, 5.41) is 0. The van der Waals surface area contributed by atoms with E-state index < -0.39 is 24.9 Å². The van der Waals surface area contributed by atoms with Crippen LogP contribution in [-0.4, -0.2) is 59.8 Å². The molecular formula is C14H21F3N2O3. The van der Waals surface area contributed by atoms with E-state index in [0.29, 0.717) is 19.4 Å². The summed E-state index contributed by atoms with van der Waals surface area (Å²) in [6.07, 6.45) is -1.65. The van der Waals surface area contributed by atoms with E-state index in [1.54, 1.807) is 4.90 Å². The lowest BCUT2D eigenvalue weighted by molar-refractivity contribution is -0.163. The standard InChI is InChI=1S/C14H21F3N2O3/c1-10-5-2-3-7-18(10)12(20)11-6-4-8-19(11)13(21)22-9-14(15,16)17/h10-11H,2-9H2,1H3. The molecule has 5 nitrogen and oxygen atoms in total. The number of piperidine rings is 1. The molecule has 0 N–H and O–H groups in total. The van der Waals surface area contributed by atoms with Crippen molar-refractivity contribution in [1.82, 2.24) is 9.80 Å². The average molecular weight is 322 g/mol. The number of hydrogen-bond acceptors (Lipinski definition) is 3. The van der Waals surface area contributed by atoms with Crippen LogP contribution in [0.1, 0.15) is 39.0 Å². The average Bonchev–Trinajstić information content (AvgIpc) is 2.93. The Bertz CT molecular complexity index is 428. The Balaban J connectivity index is 1.97. The number of carbonyl (C=O) groups excluding carboxylic acids is 2. The van der Waals surface area contributed by atoms with Gasteiger partial charge in [-0.25, -0.2) is 4.79 Å². The highest BCUT2D eigenvalue weighted by Crippen LogP contribution is 2.25. The second kappa shape index (κ2) is 6.75. The quantitative estimate of drug-likeness (QED) is 0.785. The minimum Gasteiger partial charge on any atom is -0.440 e. The summed E-state index contributed by atoms with van der Waals surface area (Å²) in [5.41, 5.74) is 0. The maximum Gasteiger partial charge on any atom is 0.422 e. The molecule has 0 aromatic carbocycles. The Labute approximate surface area is 127 Å². The zero-order chi connectivity index (χ0) is 16.3. The normalized spacial score (nSPS) is 26.2. The molecule has 0 spiro atoms. The van der Waals surface area contributed by atoms with Crippen LogP contribution in [0, 0.1) is 0 Å². The van der Waals surface area contributed by atoms with Crippen LogP contribution in [0.15, 0.2) is 0 Å². The SMILES string of the molecule is CC1CCCCN1C(=O)C1CCCN1C(=O)OCC(F)(F)F. The molecule has 2 rings (SSSR count). The van der Waals surface area contributed by atoms with E-state index in [1.165, 1.54) is 0 Å². The second-order valence-corrected chi connectivity index (χ2v) is 5.90. The van der Waals surface area contributed by atoms with Crippen molar-refractivity contribution < 1.29 is 27.5 Å². The van der Waals surface area contributed by atoms with Gasteiger partial charge in [0, 0.05) is 19.1 Å². The highest BCUT2D eigenvalue weighted by atomic mass is 19.4. The van der Waals surface area contributed by atoms with Crippen LogP contribution in [0.4, 0.5) is 18.0 Å². The largest absolute Gasteiger partial charge is 0.440 e. The zero-order valence-corrected chi connectivity index (χ0v) is 12.6. The van der Waals surface area contributed by atoms with Gasteiger partial charge in [0.05, 0.1) is 0 Å². The van der Waals surface area contributed by atoms with Crippen molar-refractivity contribution in [3.63, 3.8) is 0 Å². The first kappa shape index (κ1) is 16.9. The van der Waals surface area contributed by atoms with Gasteiger partial charge in [0.25, 0.3) is 0 Å². The molecule has 2 saturated heterocycles. The highest BCUT2D eigenvalue weighted by molar-refractivity contribution is 5.86. The number of ether oxygens (including phenoxy) is 1. The van der Waals surface area contributed by atoms with E-state index in [9.17, 15) is 22.8 Å². The third kappa shape index (κ3) is 4.04. The smallest absolute Gasteiger partial charge is 0.422 e. The van der Waals surface area contributed by atoms with Gasteiger partial charge in [0.1, 0.15) is 6.04 Å². The first-order valence-corrected chi connectivity index (χ1v) is 7.60. The monoisotopic (exact) mass is 322 g/mol. The molecule has 0 radical (unpaired) electrons. The predicted octanol–water partition coefficient (Wildman–Crippen LogP) is 2.55. The summed E-state index contributed by atoms with van der Waals surface area (Å²) in [4.78, 5) is 27.3. The van der Waals surface area contributed by atoms with Crippen LogP contribution in [0.2, 0.25) is 0 Å². The third-order valence-corrected chi connectivity index (χ3v) is 4.22. The summed E-state index contributed by atoms with van der Waals surface area (Å²) < 4.78 is 40.7. The molecule has 2 aliphatic heterocycles. The van der Waals surface area contributed by atoms with Gasteiger partial charge in [-0.1, -0.05) is 0 Å². The van der Waals surface area contributed by atoms with E-state index in [-0.39, 0.29) is 18.5 Å². The maximum atomic E-state index is 12.6. The number of amides is 2. The van der Waals surface area contributed by atoms with Crippen molar-refractivity contribution in [2.24, 2.45) is 0 Å². The van der Waals surface area contributed by atoms with Gasteiger partial charge in [0.15, 0.2) is 6.61 Å². The molecule has 22 heavy (non-hydrogen) atoms. The van der Waals surface area contributed by atoms with Crippen LogP contribution < -0.4 is 0 Å². The minimum absolute atomic E-state index is 0.106. The first-order valence-electron chi connectivity index (χ1n) is 7.60. The molecule has 2 unspecified atom stereocenters. The Kier molecular flexibility index (Phi) is 5.18. The van der Waals surface area contributed by atoms with E-state index in [1.807, 2.05) is 6.92 Å². The second-order valence-electron chi connectivity index (χ2n) is 5.90. The highest BCUT2D eigenvalue weighted by Gasteiger charge is 2.40. The minimum atomic E-state index is -4.56. The summed E-state index contributed by atoms with van der Waals surface area (Å²) in [5.74, 6) is -0.173.